The minimum atomic E-state index is -4.64. The maximum absolute atomic E-state index is 12.6. The first-order valence-electron chi connectivity index (χ1n) is 20.9. The second-order valence-electron chi connectivity index (χ2n) is 13.6. The number of hydrogen-bond donors (Lipinski definition) is 3. The first kappa shape index (κ1) is 52.4. The van der Waals surface area contributed by atoms with Crippen molar-refractivity contribution in [1.29, 1.82) is 0 Å². The van der Waals surface area contributed by atoms with Gasteiger partial charge in [0.25, 0.3) is 0 Å². The van der Waals surface area contributed by atoms with Gasteiger partial charge in [0.05, 0.1) is 19.8 Å². The van der Waals surface area contributed by atoms with Gasteiger partial charge in [-0.05, 0) is 77.0 Å². The van der Waals surface area contributed by atoms with Crippen molar-refractivity contribution in [3.8, 4) is 0 Å². The number of aliphatic hydroxyl groups is 2. The average molecular weight is 795 g/mol. The van der Waals surface area contributed by atoms with E-state index in [4.69, 9.17) is 19.1 Å². The number of carbonyl (C=O) groups excluding carboxylic acids is 2. The monoisotopic (exact) mass is 795 g/mol. The predicted molar refractivity (Wildman–Crippen MR) is 223 cm³/mol. The lowest BCUT2D eigenvalue weighted by Crippen LogP contribution is -2.29. The molecule has 0 fully saturated rings. The topological polar surface area (TPSA) is 149 Å². The smallest absolute Gasteiger partial charge is 0.462 e. The largest absolute Gasteiger partial charge is 0.472 e. The molecule has 55 heavy (non-hydrogen) atoms. The predicted octanol–water partition coefficient (Wildman–Crippen LogP) is 10.9. The number of esters is 2. The van der Waals surface area contributed by atoms with Gasteiger partial charge in [-0.1, -0.05) is 138 Å². The maximum atomic E-state index is 12.6. The zero-order chi connectivity index (χ0) is 40.5. The molecule has 0 bridgehead atoms. The molecule has 316 valence electrons. The minimum Gasteiger partial charge on any atom is -0.462 e. The highest BCUT2D eigenvalue weighted by molar-refractivity contribution is 7.47. The molecule has 0 radical (unpaired) electrons. The van der Waals surface area contributed by atoms with Crippen LogP contribution in [0.4, 0.5) is 0 Å². The molecule has 0 aromatic rings. The fraction of sp³-hybridized carbons (Fsp3) is 0.682. The van der Waals surface area contributed by atoms with Crippen molar-refractivity contribution in [3.05, 3.63) is 72.9 Å². The SMILES string of the molecule is CCC=CCC=CCC=CCCCCCCCC(=O)OC[C@H](COP(=O)(O)OC[C@@H](O)CO)OC(=O)CCCC=CCC=CCC=CCCCCCCCC. The first-order valence-corrected chi connectivity index (χ1v) is 22.4. The highest BCUT2D eigenvalue weighted by Crippen LogP contribution is 2.43. The summed E-state index contributed by atoms with van der Waals surface area (Å²) < 4.78 is 32.6. The summed E-state index contributed by atoms with van der Waals surface area (Å²) in [6.07, 6.45) is 44.5. The van der Waals surface area contributed by atoms with Crippen LogP contribution in [0.2, 0.25) is 0 Å². The molecule has 0 aliphatic heterocycles. The van der Waals surface area contributed by atoms with Crippen molar-refractivity contribution in [2.45, 2.75) is 167 Å². The third kappa shape index (κ3) is 39.4. The van der Waals surface area contributed by atoms with Crippen LogP contribution >= 0.6 is 7.82 Å². The van der Waals surface area contributed by atoms with E-state index >= 15 is 0 Å². The number of phosphoric acid groups is 1. The van der Waals surface area contributed by atoms with E-state index in [1.54, 1.807) is 0 Å². The number of allylic oxidation sites excluding steroid dienone is 12. The van der Waals surface area contributed by atoms with Crippen LogP contribution in [0, 0.1) is 0 Å². The molecule has 0 aliphatic rings. The number of hydrogen-bond acceptors (Lipinski definition) is 9. The van der Waals surface area contributed by atoms with Gasteiger partial charge in [0.15, 0.2) is 6.10 Å². The molecule has 11 heteroatoms. The molecular weight excluding hydrogens is 719 g/mol. The van der Waals surface area contributed by atoms with E-state index in [9.17, 15) is 24.2 Å². The summed E-state index contributed by atoms with van der Waals surface area (Å²) in [6.45, 7) is 2.16. The van der Waals surface area contributed by atoms with Gasteiger partial charge in [-0.3, -0.25) is 18.6 Å². The van der Waals surface area contributed by atoms with E-state index < -0.39 is 51.8 Å². The molecule has 0 saturated heterocycles. The van der Waals surface area contributed by atoms with Gasteiger partial charge in [0.2, 0.25) is 0 Å². The van der Waals surface area contributed by atoms with Gasteiger partial charge in [-0.15, -0.1) is 0 Å². The van der Waals surface area contributed by atoms with Crippen LogP contribution in [0.25, 0.3) is 0 Å². The van der Waals surface area contributed by atoms with Crippen LogP contribution in [0.5, 0.6) is 0 Å². The summed E-state index contributed by atoms with van der Waals surface area (Å²) in [6, 6.07) is 0. The summed E-state index contributed by atoms with van der Waals surface area (Å²) in [4.78, 5) is 34.9. The van der Waals surface area contributed by atoms with Crippen LogP contribution in [0.15, 0.2) is 72.9 Å². The normalized spacial score (nSPS) is 14.6. The third-order valence-electron chi connectivity index (χ3n) is 8.34. The molecule has 0 aliphatic carbocycles. The van der Waals surface area contributed by atoms with Gasteiger partial charge in [0, 0.05) is 12.8 Å². The Morgan fingerprint density at radius 3 is 1.56 bits per heavy atom. The molecule has 0 amide bonds. The van der Waals surface area contributed by atoms with Crippen molar-refractivity contribution >= 4 is 19.8 Å². The summed E-state index contributed by atoms with van der Waals surface area (Å²) in [5.41, 5.74) is 0. The Hall–Kier alpha value is -2.59. The minimum absolute atomic E-state index is 0.105. The lowest BCUT2D eigenvalue weighted by molar-refractivity contribution is -0.161. The van der Waals surface area contributed by atoms with Gasteiger partial charge in [0.1, 0.15) is 12.7 Å². The molecule has 0 spiro atoms. The van der Waals surface area contributed by atoms with Crippen LogP contribution in [-0.2, 0) is 32.7 Å². The summed E-state index contributed by atoms with van der Waals surface area (Å²) in [5, 5.41) is 18.3. The van der Waals surface area contributed by atoms with Crippen molar-refractivity contribution in [3.63, 3.8) is 0 Å². The van der Waals surface area contributed by atoms with Crippen molar-refractivity contribution in [2.24, 2.45) is 0 Å². The van der Waals surface area contributed by atoms with Gasteiger partial charge >= 0.3 is 19.8 Å². The molecular formula is C44H75O10P. The molecule has 0 heterocycles. The lowest BCUT2D eigenvalue weighted by Gasteiger charge is -2.20. The van der Waals surface area contributed by atoms with Crippen molar-refractivity contribution in [2.75, 3.05) is 26.4 Å². The molecule has 1 unspecified atom stereocenters. The molecule has 3 atom stereocenters. The van der Waals surface area contributed by atoms with E-state index in [0.29, 0.717) is 19.3 Å². The Kier molecular flexibility index (Phi) is 37.8. The fourth-order valence-electron chi connectivity index (χ4n) is 5.14. The summed E-state index contributed by atoms with van der Waals surface area (Å²) in [5.74, 6) is -1.01. The van der Waals surface area contributed by atoms with Crippen LogP contribution < -0.4 is 0 Å². The van der Waals surface area contributed by atoms with E-state index in [2.05, 4.69) is 85.2 Å². The van der Waals surface area contributed by atoms with Crippen LogP contribution in [0.3, 0.4) is 0 Å². The van der Waals surface area contributed by atoms with Crippen molar-refractivity contribution in [1.82, 2.24) is 0 Å². The van der Waals surface area contributed by atoms with Gasteiger partial charge < -0.3 is 24.6 Å². The van der Waals surface area contributed by atoms with Gasteiger partial charge in [-0.2, -0.15) is 0 Å². The molecule has 0 saturated carbocycles. The highest BCUT2D eigenvalue weighted by atomic mass is 31.2. The third-order valence-corrected chi connectivity index (χ3v) is 9.30. The number of phosphoric ester groups is 1. The number of ether oxygens (including phenoxy) is 2. The average Bonchev–Trinajstić information content (AvgIpc) is 3.17. The zero-order valence-electron chi connectivity index (χ0n) is 34.1. The second kappa shape index (κ2) is 39.6. The fourth-order valence-corrected chi connectivity index (χ4v) is 5.93. The maximum Gasteiger partial charge on any atom is 0.472 e. The van der Waals surface area contributed by atoms with Crippen LogP contribution in [-0.4, -0.2) is 65.7 Å². The first-order chi connectivity index (χ1) is 26.7. The Morgan fingerprint density at radius 2 is 1.02 bits per heavy atom. The molecule has 0 aromatic carbocycles. The summed E-state index contributed by atoms with van der Waals surface area (Å²) in [7, 11) is -4.64. The second-order valence-corrected chi connectivity index (χ2v) is 15.1. The number of rotatable bonds is 38. The standard InChI is InChI=1S/C44H75O10P/c1-3-5-7-9-11-13-15-17-19-20-22-24-26-28-30-32-34-36-44(48)54-42(40-53-55(49,50)52-38-41(46)37-45)39-51-43(47)35-33-31-29-27-25-23-21-18-16-14-12-10-8-6-4-2/h6,8,12,14,17-19,21-22,24,28,30,41-42,45-46H,3-5,7,9-11,13,15-16,20,23,25-27,29,31-40H2,1-2H3,(H,49,50)/t41-,42+/m0/s1. The highest BCUT2D eigenvalue weighted by Gasteiger charge is 2.27. The van der Waals surface area contributed by atoms with E-state index in [-0.39, 0.29) is 19.4 Å². The van der Waals surface area contributed by atoms with E-state index in [1.165, 1.54) is 38.5 Å². The molecule has 0 aromatic heterocycles. The van der Waals surface area contributed by atoms with Crippen LogP contribution in [0.1, 0.15) is 155 Å². The Labute approximate surface area is 333 Å². The molecule has 3 N–H and O–H groups in total. The number of unbranched alkanes of at least 4 members (excludes halogenated alkanes) is 12. The molecule has 10 nitrogen and oxygen atoms in total. The number of aliphatic hydroxyl groups excluding tert-OH is 2. The summed E-state index contributed by atoms with van der Waals surface area (Å²) >= 11 is 0. The van der Waals surface area contributed by atoms with Crippen molar-refractivity contribution < 1.29 is 47.8 Å². The Bertz CT molecular complexity index is 1140. The van der Waals surface area contributed by atoms with Gasteiger partial charge in [-0.25, -0.2) is 4.57 Å². The van der Waals surface area contributed by atoms with E-state index in [1.807, 2.05) is 6.08 Å². The van der Waals surface area contributed by atoms with E-state index in [0.717, 1.165) is 70.6 Å². The zero-order valence-corrected chi connectivity index (χ0v) is 35.0. The Balaban J connectivity index is 4.45. The Morgan fingerprint density at radius 1 is 0.564 bits per heavy atom. The lowest BCUT2D eigenvalue weighted by atomic mass is 10.1. The number of carbonyl (C=O) groups is 2. The molecule has 0 rings (SSSR count). The quantitative estimate of drug-likeness (QED) is 0.0239.